The highest BCUT2D eigenvalue weighted by Gasteiger charge is 1.92. The molecule has 0 amide bonds. The predicted octanol–water partition coefficient (Wildman–Crippen LogP) is 2.32. The average Bonchev–Trinajstić information content (AvgIpc) is 2.37. The van der Waals surface area contributed by atoms with E-state index >= 15 is 0 Å². The summed E-state index contributed by atoms with van der Waals surface area (Å²) in [6.45, 7) is 2.03. The van der Waals surface area contributed by atoms with Crippen molar-refractivity contribution < 1.29 is 0 Å². The smallest absolute Gasteiger partial charge is 0.0966 e. The van der Waals surface area contributed by atoms with Crippen molar-refractivity contribution in [2.75, 3.05) is 0 Å². The van der Waals surface area contributed by atoms with Crippen molar-refractivity contribution in [3.05, 3.63) is 21.9 Å². The summed E-state index contributed by atoms with van der Waals surface area (Å²) in [5.74, 6) is 5.71. The van der Waals surface area contributed by atoms with Crippen molar-refractivity contribution in [2.24, 2.45) is 0 Å². The minimum Gasteiger partial charge on any atom is -0.197 e. The van der Waals surface area contributed by atoms with Gasteiger partial charge in [-0.1, -0.05) is 11.8 Å². The minimum atomic E-state index is 0.315. The van der Waals surface area contributed by atoms with Crippen LogP contribution in [-0.4, -0.2) is 0 Å². The van der Waals surface area contributed by atoms with Crippen molar-refractivity contribution in [2.45, 2.75) is 13.3 Å². The number of nitriles is 1. The van der Waals surface area contributed by atoms with E-state index in [0.717, 1.165) is 5.56 Å². The Morgan fingerprint density at radius 2 is 2.45 bits per heavy atom. The Labute approximate surface area is 70.3 Å². The van der Waals surface area contributed by atoms with Crippen molar-refractivity contribution in [3.8, 4) is 17.9 Å². The molecule has 0 bridgehead atoms. The first-order chi connectivity index (χ1) is 5.34. The average molecular weight is 161 g/mol. The summed E-state index contributed by atoms with van der Waals surface area (Å²) in [5.41, 5.74) is 1.05. The first kappa shape index (κ1) is 7.85. The van der Waals surface area contributed by atoms with E-state index in [4.69, 9.17) is 5.26 Å². The van der Waals surface area contributed by atoms with E-state index in [1.165, 1.54) is 4.88 Å². The van der Waals surface area contributed by atoms with Crippen LogP contribution in [0.1, 0.15) is 16.9 Å². The highest BCUT2D eigenvalue weighted by molar-refractivity contribution is 7.10. The lowest BCUT2D eigenvalue weighted by Gasteiger charge is -1.81. The van der Waals surface area contributed by atoms with Gasteiger partial charge in [-0.15, -0.1) is 11.3 Å². The first-order valence-corrected chi connectivity index (χ1v) is 4.12. The Balaban J connectivity index is 2.75. The molecule has 11 heavy (non-hydrogen) atoms. The molecule has 0 radical (unpaired) electrons. The van der Waals surface area contributed by atoms with Crippen LogP contribution in [0.5, 0.6) is 0 Å². The van der Waals surface area contributed by atoms with Gasteiger partial charge in [-0.3, -0.25) is 0 Å². The van der Waals surface area contributed by atoms with Crippen molar-refractivity contribution >= 4 is 11.3 Å². The Kier molecular flexibility index (Phi) is 2.72. The number of nitrogens with zero attached hydrogens (tertiary/aromatic N) is 1. The lowest BCUT2D eigenvalue weighted by atomic mass is 10.2. The molecule has 0 saturated carbocycles. The highest BCUT2D eigenvalue weighted by Crippen LogP contribution is 2.12. The first-order valence-electron chi connectivity index (χ1n) is 3.24. The number of hydrogen-bond donors (Lipinski definition) is 0. The Hall–Kier alpha value is -1.25. The van der Waals surface area contributed by atoms with Crippen LogP contribution in [0.3, 0.4) is 0 Å². The fourth-order valence-corrected chi connectivity index (χ4v) is 1.35. The number of rotatable bonds is 0. The summed E-state index contributed by atoms with van der Waals surface area (Å²) in [5, 5.41) is 10.2. The zero-order valence-electron chi connectivity index (χ0n) is 6.22. The van der Waals surface area contributed by atoms with Crippen molar-refractivity contribution in [1.82, 2.24) is 0 Å². The maximum atomic E-state index is 8.21. The van der Waals surface area contributed by atoms with Crippen molar-refractivity contribution in [3.63, 3.8) is 0 Å². The highest BCUT2D eigenvalue weighted by atomic mass is 32.1. The van der Waals surface area contributed by atoms with Gasteiger partial charge in [-0.25, -0.2) is 0 Å². The van der Waals surface area contributed by atoms with Crippen LogP contribution in [0.25, 0.3) is 0 Å². The summed E-state index contributed by atoms with van der Waals surface area (Å²) in [4.78, 5) is 1.22. The quantitative estimate of drug-likeness (QED) is 0.536. The largest absolute Gasteiger partial charge is 0.197 e. The summed E-state index contributed by atoms with van der Waals surface area (Å²) in [6, 6.07) is 3.96. The summed E-state index contributed by atoms with van der Waals surface area (Å²) >= 11 is 1.68. The van der Waals surface area contributed by atoms with Crippen LogP contribution in [-0.2, 0) is 0 Å². The predicted molar refractivity (Wildman–Crippen MR) is 46.2 cm³/mol. The van der Waals surface area contributed by atoms with E-state index < -0.39 is 0 Å². The van der Waals surface area contributed by atoms with Crippen LogP contribution in [0.4, 0.5) is 0 Å². The van der Waals surface area contributed by atoms with E-state index in [9.17, 15) is 0 Å². The maximum absolute atomic E-state index is 8.21. The van der Waals surface area contributed by atoms with Gasteiger partial charge >= 0.3 is 0 Å². The summed E-state index contributed by atoms with van der Waals surface area (Å²) in [6.07, 6.45) is 0.315. The van der Waals surface area contributed by atoms with Gasteiger partial charge in [0.1, 0.15) is 0 Å². The molecule has 0 fully saturated rings. The Bertz CT molecular complexity index is 332. The molecule has 1 heterocycles. The van der Waals surface area contributed by atoms with Crippen molar-refractivity contribution in [1.29, 1.82) is 5.26 Å². The van der Waals surface area contributed by atoms with Gasteiger partial charge in [0.15, 0.2) is 0 Å². The van der Waals surface area contributed by atoms with E-state index in [0.29, 0.717) is 6.42 Å². The van der Waals surface area contributed by atoms with Crippen LogP contribution >= 0.6 is 11.3 Å². The molecular weight excluding hydrogens is 154 g/mol. The lowest BCUT2D eigenvalue weighted by molar-refractivity contribution is 1.39. The Morgan fingerprint density at radius 3 is 3.00 bits per heavy atom. The monoisotopic (exact) mass is 161 g/mol. The molecule has 1 rings (SSSR count). The summed E-state index contributed by atoms with van der Waals surface area (Å²) in [7, 11) is 0. The second-order valence-electron chi connectivity index (χ2n) is 2.03. The molecule has 0 unspecified atom stereocenters. The molecule has 1 nitrogen and oxygen atoms in total. The zero-order chi connectivity index (χ0) is 8.10. The van der Waals surface area contributed by atoms with Crippen LogP contribution in [0.15, 0.2) is 11.4 Å². The topological polar surface area (TPSA) is 23.8 Å². The van der Waals surface area contributed by atoms with Gasteiger partial charge in [-0.2, -0.15) is 5.26 Å². The molecule has 1 aromatic heterocycles. The molecule has 0 spiro atoms. The number of hydrogen-bond acceptors (Lipinski definition) is 2. The normalized spacial score (nSPS) is 8.00. The van der Waals surface area contributed by atoms with E-state index in [-0.39, 0.29) is 0 Å². The maximum Gasteiger partial charge on any atom is 0.0966 e. The van der Waals surface area contributed by atoms with Crippen LogP contribution in [0, 0.1) is 30.1 Å². The summed E-state index contributed by atoms with van der Waals surface area (Å²) < 4.78 is 0. The lowest BCUT2D eigenvalue weighted by Crippen LogP contribution is -1.69. The van der Waals surface area contributed by atoms with E-state index in [1.54, 1.807) is 11.3 Å². The Morgan fingerprint density at radius 1 is 1.64 bits per heavy atom. The van der Waals surface area contributed by atoms with Gasteiger partial charge < -0.3 is 0 Å². The second-order valence-corrected chi connectivity index (χ2v) is 3.15. The third-order valence-electron chi connectivity index (χ3n) is 1.25. The number of thiophene rings is 1. The van der Waals surface area contributed by atoms with Crippen LogP contribution in [0.2, 0.25) is 0 Å². The van der Waals surface area contributed by atoms with E-state index in [1.807, 2.05) is 24.4 Å². The molecule has 2 heteroatoms. The molecule has 0 aliphatic rings. The van der Waals surface area contributed by atoms with Gasteiger partial charge in [0.25, 0.3) is 0 Å². The van der Waals surface area contributed by atoms with E-state index in [2.05, 4.69) is 11.8 Å². The molecule has 0 N–H and O–H groups in total. The standard InChI is InChI=1S/C9H7NS/c1-8-9(5-7-11-8)4-2-3-6-10/h5,7H,3H2,1H3. The zero-order valence-corrected chi connectivity index (χ0v) is 7.03. The fraction of sp³-hybridized carbons (Fsp3) is 0.222. The fourth-order valence-electron chi connectivity index (χ4n) is 0.694. The molecule has 54 valence electrons. The molecule has 0 atom stereocenters. The SMILES string of the molecule is Cc1sccc1C#CCC#N. The van der Waals surface area contributed by atoms with Gasteiger partial charge in [0, 0.05) is 10.4 Å². The molecule has 0 aliphatic heterocycles. The van der Waals surface area contributed by atoms with Gasteiger partial charge in [0.05, 0.1) is 12.5 Å². The molecule has 0 aromatic carbocycles. The molecular formula is C9H7NS. The molecule has 0 saturated heterocycles. The number of aryl methyl sites for hydroxylation is 1. The van der Waals surface area contributed by atoms with Gasteiger partial charge in [0.2, 0.25) is 0 Å². The van der Waals surface area contributed by atoms with Gasteiger partial charge in [-0.05, 0) is 18.4 Å². The van der Waals surface area contributed by atoms with Crippen LogP contribution < -0.4 is 0 Å². The second kappa shape index (κ2) is 3.81. The molecule has 0 aliphatic carbocycles. The third kappa shape index (κ3) is 2.11. The minimum absolute atomic E-state index is 0.315. The third-order valence-corrected chi connectivity index (χ3v) is 2.09. The molecule has 1 aromatic rings.